The number of epoxide rings is 1. The van der Waals surface area contributed by atoms with E-state index in [4.69, 9.17) is 15.1 Å². The Morgan fingerprint density at radius 2 is 2.07 bits per heavy atom. The number of carboxylic acids is 1. The van der Waals surface area contributed by atoms with Crippen LogP contribution in [0.5, 0.6) is 0 Å². The zero-order valence-corrected chi connectivity index (χ0v) is 7.18. The molecule has 0 bridgehead atoms. The smallest absolute Gasteiger partial charge is 0.335 e. The van der Waals surface area contributed by atoms with Gasteiger partial charge in [-0.25, -0.2) is 4.79 Å². The number of hydrogen-bond donors (Lipinski definition) is 1. The van der Waals surface area contributed by atoms with Crippen molar-refractivity contribution in [3.8, 4) is 6.07 Å². The van der Waals surface area contributed by atoms with Gasteiger partial charge in [-0.2, -0.15) is 5.26 Å². The van der Waals surface area contributed by atoms with Crippen LogP contribution in [0.3, 0.4) is 0 Å². The van der Waals surface area contributed by atoms with Crippen LogP contribution >= 0.6 is 0 Å². The number of hydrogen-bond acceptors (Lipinski definition) is 3. The zero-order valence-electron chi connectivity index (χ0n) is 7.18. The molecule has 0 aromatic heterocycles. The molecule has 4 nitrogen and oxygen atoms in total. The van der Waals surface area contributed by atoms with Gasteiger partial charge in [0.1, 0.15) is 6.10 Å². The summed E-state index contributed by atoms with van der Waals surface area (Å²) in [7, 11) is 0. The van der Waals surface area contributed by atoms with E-state index in [0.29, 0.717) is 5.56 Å². The Kier molecular flexibility index (Phi) is 1.95. The topological polar surface area (TPSA) is 73.6 Å². The van der Waals surface area contributed by atoms with Crippen LogP contribution in [0.4, 0.5) is 0 Å². The summed E-state index contributed by atoms with van der Waals surface area (Å²) in [4.78, 5) is 10.5. The van der Waals surface area contributed by atoms with Crippen molar-refractivity contribution in [3.63, 3.8) is 0 Å². The van der Waals surface area contributed by atoms with Crippen LogP contribution < -0.4 is 0 Å². The Labute approximate surface area is 80.3 Å². The summed E-state index contributed by atoms with van der Waals surface area (Å²) in [6, 6.07) is 8.72. The average Bonchev–Trinajstić information content (AvgIpc) is 2.97. The number of carboxylic acid groups (broad SMARTS) is 1. The van der Waals surface area contributed by atoms with Crippen LogP contribution in [0.15, 0.2) is 24.3 Å². The fourth-order valence-electron chi connectivity index (χ4n) is 1.30. The minimum atomic E-state index is -0.945. The number of ether oxygens (including phenoxy) is 1. The van der Waals surface area contributed by atoms with Gasteiger partial charge >= 0.3 is 5.97 Å². The number of carbonyl (C=O) groups is 1. The highest BCUT2D eigenvalue weighted by molar-refractivity contribution is 5.76. The maximum Gasteiger partial charge on any atom is 0.335 e. The standard InChI is InChI=1S/C10H7NO3/c11-5-6-1-3-7(4-2-6)8-9(14-8)10(12)13/h1-4,8-9H,(H,12,13). The van der Waals surface area contributed by atoms with Crippen LogP contribution in [0, 0.1) is 11.3 Å². The Morgan fingerprint density at radius 3 is 2.50 bits per heavy atom. The fourth-order valence-corrected chi connectivity index (χ4v) is 1.30. The molecule has 14 heavy (non-hydrogen) atoms. The van der Waals surface area contributed by atoms with E-state index in [9.17, 15) is 4.79 Å². The van der Waals surface area contributed by atoms with Crippen LogP contribution in [-0.2, 0) is 9.53 Å². The molecule has 2 rings (SSSR count). The van der Waals surface area contributed by atoms with Gasteiger partial charge in [-0.1, -0.05) is 12.1 Å². The van der Waals surface area contributed by atoms with Gasteiger partial charge in [0.25, 0.3) is 0 Å². The first kappa shape index (κ1) is 8.73. The second kappa shape index (κ2) is 3.13. The molecule has 0 saturated carbocycles. The lowest BCUT2D eigenvalue weighted by atomic mass is 10.1. The van der Waals surface area contributed by atoms with Crippen molar-refractivity contribution >= 4 is 5.97 Å². The molecule has 1 aliphatic heterocycles. The van der Waals surface area contributed by atoms with Crippen LogP contribution in [0.25, 0.3) is 0 Å². The minimum Gasteiger partial charge on any atom is -0.479 e. The molecule has 0 radical (unpaired) electrons. The van der Waals surface area contributed by atoms with Gasteiger partial charge < -0.3 is 9.84 Å². The third-order valence-electron chi connectivity index (χ3n) is 2.10. The molecule has 2 atom stereocenters. The molecule has 70 valence electrons. The van der Waals surface area contributed by atoms with Crippen molar-refractivity contribution in [2.45, 2.75) is 12.2 Å². The number of nitriles is 1. The lowest BCUT2D eigenvalue weighted by molar-refractivity contribution is -0.138. The molecule has 1 aromatic rings. The number of benzene rings is 1. The first-order valence-electron chi connectivity index (χ1n) is 4.10. The maximum absolute atomic E-state index is 10.5. The summed E-state index contributed by atoms with van der Waals surface area (Å²) in [5.41, 5.74) is 1.36. The van der Waals surface area contributed by atoms with Crippen LogP contribution in [-0.4, -0.2) is 17.2 Å². The van der Waals surface area contributed by atoms with Gasteiger partial charge in [0.05, 0.1) is 11.6 Å². The normalized spacial score (nSPS) is 23.9. The summed E-state index contributed by atoms with van der Waals surface area (Å²) >= 11 is 0. The molecule has 2 unspecified atom stereocenters. The molecule has 1 saturated heterocycles. The highest BCUT2D eigenvalue weighted by Gasteiger charge is 2.46. The van der Waals surface area contributed by atoms with Crippen molar-refractivity contribution in [2.75, 3.05) is 0 Å². The first-order chi connectivity index (χ1) is 6.72. The Bertz CT molecular complexity index is 404. The van der Waals surface area contributed by atoms with Crippen molar-refractivity contribution in [1.29, 1.82) is 5.26 Å². The van der Waals surface area contributed by atoms with E-state index in [-0.39, 0.29) is 6.10 Å². The third kappa shape index (κ3) is 1.45. The summed E-state index contributed by atoms with van der Waals surface area (Å²) < 4.78 is 4.96. The van der Waals surface area contributed by atoms with Gasteiger partial charge in [-0.05, 0) is 17.7 Å². The van der Waals surface area contributed by atoms with Crippen molar-refractivity contribution in [3.05, 3.63) is 35.4 Å². The van der Waals surface area contributed by atoms with Gasteiger partial charge in [0.15, 0.2) is 6.10 Å². The summed E-state index contributed by atoms with van der Waals surface area (Å²) in [5.74, 6) is -0.945. The third-order valence-corrected chi connectivity index (χ3v) is 2.10. The number of rotatable bonds is 2. The quantitative estimate of drug-likeness (QED) is 0.706. The highest BCUT2D eigenvalue weighted by Crippen LogP contribution is 2.38. The maximum atomic E-state index is 10.5. The van der Waals surface area contributed by atoms with E-state index in [2.05, 4.69) is 0 Å². The summed E-state index contributed by atoms with van der Waals surface area (Å²) in [5, 5.41) is 17.2. The Hall–Kier alpha value is -1.86. The van der Waals surface area contributed by atoms with E-state index >= 15 is 0 Å². The highest BCUT2D eigenvalue weighted by atomic mass is 16.6. The molecule has 1 fully saturated rings. The summed E-state index contributed by atoms with van der Waals surface area (Å²) in [6.07, 6.45) is -1.07. The van der Waals surface area contributed by atoms with E-state index in [0.717, 1.165) is 5.56 Å². The molecule has 1 N–H and O–H groups in total. The van der Waals surface area contributed by atoms with Crippen molar-refractivity contribution in [1.82, 2.24) is 0 Å². The molecular formula is C10H7NO3. The Morgan fingerprint density at radius 1 is 1.43 bits per heavy atom. The SMILES string of the molecule is N#Cc1ccc(C2OC2C(=O)O)cc1. The molecule has 0 aliphatic carbocycles. The molecule has 0 amide bonds. The number of aliphatic carboxylic acids is 1. The molecule has 0 spiro atoms. The molecular weight excluding hydrogens is 182 g/mol. The molecule has 1 heterocycles. The first-order valence-corrected chi connectivity index (χ1v) is 4.10. The van der Waals surface area contributed by atoms with Crippen LogP contribution in [0.1, 0.15) is 17.2 Å². The predicted octanol–water partition coefficient (Wildman–Crippen LogP) is 1.08. The van der Waals surface area contributed by atoms with E-state index < -0.39 is 12.1 Å². The zero-order chi connectivity index (χ0) is 10.1. The predicted molar refractivity (Wildman–Crippen MR) is 46.4 cm³/mol. The monoisotopic (exact) mass is 189 g/mol. The van der Waals surface area contributed by atoms with Gasteiger partial charge in [-0.3, -0.25) is 0 Å². The van der Waals surface area contributed by atoms with Gasteiger partial charge in [0, 0.05) is 0 Å². The van der Waals surface area contributed by atoms with E-state index in [1.807, 2.05) is 6.07 Å². The largest absolute Gasteiger partial charge is 0.479 e. The molecule has 1 aliphatic rings. The molecule has 1 aromatic carbocycles. The van der Waals surface area contributed by atoms with Crippen molar-refractivity contribution < 1.29 is 14.6 Å². The second-order valence-electron chi connectivity index (χ2n) is 3.05. The minimum absolute atomic E-state index is 0.347. The van der Waals surface area contributed by atoms with Crippen LogP contribution in [0.2, 0.25) is 0 Å². The summed E-state index contributed by atoms with van der Waals surface area (Å²) in [6.45, 7) is 0. The lowest BCUT2D eigenvalue weighted by Crippen LogP contribution is -2.04. The second-order valence-corrected chi connectivity index (χ2v) is 3.05. The number of nitrogens with zero attached hydrogens (tertiary/aromatic N) is 1. The molecule has 4 heteroatoms. The van der Waals surface area contributed by atoms with E-state index in [1.54, 1.807) is 24.3 Å². The average molecular weight is 189 g/mol. The van der Waals surface area contributed by atoms with Gasteiger partial charge in [-0.15, -0.1) is 0 Å². The van der Waals surface area contributed by atoms with E-state index in [1.165, 1.54) is 0 Å². The fraction of sp³-hybridized carbons (Fsp3) is 0.200. The van der Waals surface area contributed by atoms with Crippen molar-refractivity contribution in [2.24, 2.45) is 0 Å². The van der Waals surface area contributed by atoms with Gasteiger partial charge in [0.2, 0.25) is 0 Å². The Balaban J connectivity index is 2.13. The lowest BCUT2D eigenvalue weighted by Gasteiger charge is -1.94.